The molecule has 0 spiro atoms. The fourth-order valence-corrected chi connectivity index (χ4v) is 2.11. The summed E-state index contributed by atoms with van der Waals surface area (Å²) in [6.45, 7) is 2.40. The molecular formula is C12H18N4O5. The maximum atomic E-state index is 12.2. The number of nitrogens with zero attached hydrogens (tertiary/aromatic N) is 4. The van der Waals surface area contributed by atoms with E-state index in [9.17, 15) is 9.59 Å². The van der Waals surface area contributed by atoms with Crippen LogP contribution in [0.2, 0.25) is 0 Å². The second-order valence-electron chi connectivity index (χ2n) is 4.58. The highest BCUT2D eigenvalue weighted by molar-refractivity contribution is 5.86. The first kappa shape index (κ1) is 15.4. The van der Waals surface area contributed by atoms with E-state index in [1.165, 1.54) is 11.8 Å². The molecule has 1 aliphatic heterocycles. The van der Waals surface area contributed by atoms with E-state index < -0.39 is 5.97 Å². The summed E-state index contributed by atoms with van der Waals surface area (Å²) in [5, 5.41) is 16.5. The second kappa shape index (κ2) is 7.14. The summed E-state index contributed by atoms with van der Waals surface area (Å²) in [7, 11) is 1.52. The normalized spacial score (nSPS) is 15.2. The lowest BCUT2D eigenvalue weighted by Gasteiger charge is -2.26. The van der Waals surface area contributed by atoms with Crippen LogP contribution in [0.5, 0.6) is 0 Å². The first-order valence-corrected chi connectivity index (χ1v) is 6.63. The fourth-order valence-electron chi connectivity index (χ4n) is 2.11. The minimum absolute atomic E-state index is 0.0284. The van der Waals surface area contributed by atoms with Crippen LogP contribution in [0.3, 0.4) is 0 Å². The van der Waals surface area contributed by atoms with E-state index >= 15 is 0 Å². The Bertz CT molecular complexity index is 510. The molecule has 9 nitrogen and oxygen atoms in total. The highest BCUT2D eigenvalue weighted by Crippen LogP contribution is 2.08. The average Bonchev–Trinajstić information content (AvgIpc) is 2.89. The molecular weight excluding hydrogens is 280 g/mol. The van der Waals surface area contributed by atoms with Gasteiger partial charge in [-0.25, -0.2) is 9.48 Å². The summed E-state index contributed by atoms with van der Waals surface area (Å²) in [5.74, 6) is -1.29. The van der Waals surface area contributed by atoms with Gasteiger partial charge in [0.1, 0.15) is 6.54 Å². The van der Waals surface area contributed by atoms with E-state index in [1.807, 2.05) is 0 Å². The van der Waals surface area contributed by atoms with Crippen molar-refractivity contribution in [3.05, 3.63) is 11.4 Å². The molecule has 0 saturated carbocycles. The number of carboxylic acids is 1. The molecule has 1 saturated heterocycles. The van der Waals surface area contributed by atoms with Crippen molar-refractivity contribution in [3.63, 3.8) is 0 Å². The van der Waals surface area contributed by atoms with Gasteiger partial charge in [-0.05, 0) is 0 Å². The molecule has 1 aromatic rings. The summed E-state index contributed by atoms with van der Waals surface area (Å²) < 4.78 is 11.5. The minimum atomic E-state index is -1.16. The largest absolute Gasteiger partial charge is 0.476 e. The molecule has 0 aliphatic carbocycles. The number of aromatic nitrogens is 3. The Hall–Kier alpha value is -2.00. The predicted octanol–water partition coefficient (Wildman–Crippen LogP) is -0.976. The van der Waals surface area contributed by atoms with Crippen molar-refractivity contribution >= 4 is 11.9 Å². The van der Waals surface area contributed by atoms with Crippen LogP contribution in [0.25, 0.3) is 0 Å². The first-order chi connectivity index (χ1) is 10.1. The Morgan fingerprint density at radius 2 is 2.10 bits per heavy atom. The Morgan fingerprint density at radius 3 is 2.71 bits per heavy atom. The highest BCUT2D eigenvalue weighted by atomic mass is 16.5. The number of rotatable bonds is 6. The summed E-state index contributed by atoms with van der Waals surface area (Å²) in [6, 6.07) is 0. The number of carbonyl (C=O) groups excluding carboxylic acids is 1. The van der Waals surface area contributed by atoms with E-state index in [2.05, 4.69) is 10.3 Å². The van der Waals surface area contributed by atoms with E-state index in [1.54, 1.807) is 4.90 Å². The van der Waals surface area contributed by atoms with Crippen LogP contribution >= 0.6 is 0 Å². The number of hydrogen-bond acceptors (Lipinski definition) is 6. The van der Waals surface area contributed by atoms with Gasteiger partial charge in [0.2, 0.25) is 5.91 Å². The lowest BCUT2D eigenvalue weighted by atomic mass is 10.2. The molecule has 1 aromatic heterocycles. The third-order valence-electron chi connectivity index (χ3n) is 3.23. The van der Waals surface area contributed by atoms with Crippen LogP contribution in [0.1, 0.15) is 16.2 Å². The summed E-state index contributed by atoms with van der Waals surface area (Å²) >= 11 is 0. The van der Waals surface area contributed by atoms with Crippen LogP contribution < -0.4 is 0 Å². The zero-order chi connectivity index (χ0) is 15.2. The van der Waals surface area contributed by atoms with Crippen molar-refractivity contribution in [2.24, 2.45) is 0 Å². The Labute approximate surface area is 121 Å². The van der Waals surface area contributed by atoms with Crippen LogP contribution in [-0.2, 0) is 27.2 Å². The quantitative estimate of drug-likeness (QED) is 0.719. The van der Waals surface area contributed by atoms with E-state index in [0.717, 1.165) is 0 Å². The Morgan fingerprint density at radius 1 is 1.38 bits per heavy atom. The predicted molar refractivity (Wildman–Crippen MR) is 70.0 cm³/mol. The summed E-state index contributed by atoms with van der Waals surface area (Å²) in [5.41, 5.74) is 0.257. The number of morpholine rings is 1. The van der Waals surface area contributed by atoms with Crippen molar-refractivity contribution in [1.29, 1.82) is 0 Å². The topological polar surface area (TPSA) is 107 Å². The third kappa shape index (κ3) is 3.76. The molecule has 0 aromatic carbocycles. The lowest BCUT2D eigenvalue weighted by molar-refractivity contribution is -0.136. The van der Waals surface area contributed by atoms with Crippen LogP contribution in [-0.4, -0.2) is 76.9 Å². The van der Waals surface area contributed by atoms with Crippen LogP contribution in [0.15, 0.2) is 0 Å². The van der Waals surface area contributed by atoms with Gasteiger partial charge in [0, 0.05) is 26.6 Å². The molecule has 1 amide bonds. The minimum Gasteiger partial charge on any atom is -0.476 e. The first-order valence-electron chi connectivity index (χ1n) is 6.63. The molecule has 1 aliphatic rings. The van der Waals surface area contributed by atoms with Crippen LogP contribution in [0.4, 0.5) is 0 Å². The molecule has 21 heavy (non-hydrogen) atoms. The number of amides is 1. The summed E-state index contributed by atoms with van der Waals surface area (Å²) in [4.78, 5) is 25.0. The molecule has 116 valence electrons. The SMILES string of the molecule is COCCc1c(C(=O)O)nnn1CC(=O)N1CCOCC1. The van der Waals surface area contributed by atoms with E-state index in [-0.39, 0.29) is 18.1 Å². The lowest BCUT2D eigenvalue weighted by Crippen LogP contribution is -2.42. The van der Waals surface area contributed by atoms with Gasteiger partial charge in [0.05, 0.1) is 25.5 Å². The molecule has 1 N–H and O–H groups in total. The third-order valence-corrected chi connectivity index (χ3v) is 3.23. The number of carbonyl (C=O) groups is 2. The molecule has 0 bridgehead atoms. The van der Waals surface area contributed by atoms with Gasteiger partial charge in [-0.1, -0.05) is 5.21 Å². The van der Waals surface area contributed by atoms with Gasteiger partial charge < -0.3 is 19.5 Å². The zero-order valence-corrected chi connectivity index (χ0v) is 11.8. The number of ether oxygens (including phenoxy) is 2. The molecule has 0 unspecified atom stereocenters. The standard InChI is InChI=1S/C12H18N4O5/c1-20-5-2-9-11(12(18)19)13-14-16(9)8-10(17)15-3-6-21-7-4-15/h2-8H2,1H3,(H,18,19). The van der Waals surface area contributed by atoms with Crippen molar-refractivity contribution in [1.82, 2.24) is 19.9 Å². The van der Waals surface area contributed by atoms with Crippen molar-refractivity contribution in [2.75, 3.05) is 40.0 Å². The average molecular weight is 298 g/mol. The molecule has 1 fully saturated rings. The molecule has 9 heteroatoms. The summed E-state index contributed by atoms with van der Waals surface area (Å²) in [6.07, 6.45) is 0.335. The van der Waals surface area contributed by atoms with E-state index in [0.29, 0.717) is 45.0 Å². The zero-order valence-electron chi connectivity index (χ0n) is 11.8. The molecule has 0 radical (unpaired) electrons. The fraction of sp³-hybridized carbons (Fsp3) is 0.667. The number of methoxy groups -OCH3 is 1. The Balaban J connectivity index is 2.10. The number of carboxylic acid groups (broad SMARTS) is 1. The maximum absolute atomic E-state index is 12.2. The van der Waals surface area contributed by atoms with Crippen LogP contribution in [0, 0.1) is 0 Å². The number of hydrogen-bond donors (Lipinski definition) is 1. The van der Waals surface area contributed by atoms with Gasteiger partial charge >= 0.3 is 5.97 Å². The number of aromatic carboxylic acids is 1. The molecule has 0 atom stereocenters. The van der Waals surface area contributed by atoms with Gasteiger partial charge in [-0.15, -0.1) is 5.10 Å². The van der Waals surface area contributed by atoms with Gasteiger partial charge in [-0.2, -0.15) is 0 Å². The smallest absolute Gasteiger partial charge is 0.358 e. The monoisotopic (exact) mass is 298 g/mol. The maximum Gasteiger partial charge on any atom is 0.358 e. The van der Waals surface area contributed by atoms with Gasteiger partial charge in [0.15, 0.2) is 5.69 Å². The van der Waals surface area contributed by atoms with E-state index in [4.69, 9.17) is 14.6 Å². The van der Waals surface area contributed by atoms with Crippen molar-refractivity contribution in [2.45, 2.75) is 13.0 Å². The highest BCUT2D eigenvalue weighted by Gasteiger charge is 2.23. The van der Waals surface area contributed by atoms with Gasteiger partial charge in [-0.3, -0.25) is 4.79 Å². The van der Waals surface area contributed by atoms with Crippen molar-refractivity contribution < 1.29 is 24.2 Å². The van der Waals surface area contributed by atoms with Crippen molar-refractivity contribution in [3.8, 4) is 0 Å². The van der Waals surface area contributed by atoms with Gasteiger partial charge in [0.25, 0.3) is 0 Å². The second-order valence-corrected chi connectivity index (χ2v) is 4.58. The molecule has 2 rings (SSSR count). The molecule has 2 heterocycles. The Kier molecular flexibility index (Phi) is 5.23.